The number of carbonyl (C=O) groups excluding carboxylic acids is 1. The third-order valence-electron chi connectivity index (χ3n) is 3.74. The number of nitrogens with two attached hydrogens (primary N) is 1. The van der Waals surface area contributed by atoms with Gasteiger partial charge < -0.3 is 10.6 Å². The molecule has 0 aliphatic rings. The van der Waals surface area contributed by atoms with E-state index in [4.69, 9.17) is 5.73 Å². The highest BCUT2D eigenvalue weighted by atomic mass is 35.5. The molecule has 2 N–H and O–H groups in total. The number of fused-ring (bicyclic) bond motifs is 1. The fraction of sp³-hybridized carbons (Fsp3) is 0.533. The maximum Gasteiger partial charge on any atom is 0.254 e. The Morgan fingerprint density at radius 1 is 1.35 bits per heavy atom. The second kappa shape index (κ2) is 8.47. The van der Waals surface area contributed by atoms with Crippen LogP contribution in [0.3, 0.4) is 0 Å². The number of amides is 1. The van der Waals surface area contributed by atoms with Crippen LogP contribution in [-0.2, 0) is 0 Å². The van der Waals surface area contributed by atoms with Gasteiger partial charge in [-0.05, 0) is 33.8 Å². The molecule has 0 saturated carbocycles. The molecule has 0 aliphatic carbocycles. The molecule has 8 heteroatoms. The van der Waals surface area contributed by atoms with Gasteiger partial charge in [-0.15, -0.1) is 24.8 Å². The van der Waals surface area contributed by atoms with Gasteiger partial charge in [-0.1, -0.05) is 0 Å². The molecule has 130 valence electrons. The number of hydrogen-bond donors (Lipinski definition) is 1. The van der Waals surface area contributed by atoms with Crippen molar-refractivity contribution in [2.75, 3.05) is 13.6 Å². The molecule has 0 saturated heterocycles. The standard InChI is InChI=1S/C15H23N5O.2ClH/c1-9(2)20-14-13(8-17-20)12(6-10(3)18-14)15(21)19(5)11(4)7-16;;/h6,8-9,11H,7,16H2,1-5H3;2*1H. The Bertz CT molecular complexity index is 671. The van der Waals surface area contributed by atoms with Gasteiger partial charge in [0.05, 0.1) is 17.1 Å². The zero-order valence-electron chi connectivity index (χ0n) is 14.1. The molecule has 0 aromatic carbocycles. The predicted octanol–water partition coefficient (Wildman–Crippen LogP) is 2.58. The summed E-state index contributed by atoms with van der Waals surface area (Å²) in [5.41, 5.74) is 7.84. The van der Waals surface area contributed by atoms with Crippen molar-refractivity contribution in [3.05, 3.63) is 23.5 Å². The zero-order chi connectivity index (χ0) is 15.7. The van der Waals surface area contributed by atoms with Crippen LogP contribution in [-0.4, -0.2) is 45.2 Å². The number of hydrogen-bond acceptors (Lipinski definition) is 4. The summed E-state index contributed by atoms with van der Waals surface area (Å²) in [6.45, 7) is 8.34. The molecule has 2 aromatic rings. The first-order valence-corrected chi connectivity index (χ1v) is 7.18. The number of pyridine rings is 1. The average molecular weight is 362 g/mol. The molecular formula is C15H25Cl2N5O. The van der Waals surface area contributed by atoms with E-state index in [0.29, 0.717) is 12.1 Å². The summed E-state index contributed by atoms with van der Waals surface area (Å²) in [5, 5.41) is 5.15. The summed E-state index contributed by atoms with van der Waals surface area (Å²) in [7, 11) is 1.77. The van der Waals surface area contributed by atoms with E-state index in [0.717, 1.165) is 16.7 Å². The molecule has 0 fully saturated rings. The molecular weight excluding hydrogens is 337 g/mol. The number of aromatic nitrogens is 3. The Morgan fingerprint density at radius 2 is 1.96 bits per heavy atom. The Hall–Kier alpha value is -1.37. The van der Waals surface area contributed by atoms with Gasteiger partial charge in [-0.2, -0.15) is 5.10 Å². The fourth-order valence-electron chi connectivity index (χ4n) is 2.25. The van der Waals surface area contributed by atoms with Crippen LogP contribution in [0.2, 0.25) is 0 Å². The van der Waals surface area contributed by atoms with E-state index in [9.17, 15) is 4.79 Å². The fourth-order valence-corrected chi connectivity index (χ4v) is 2.25. The molecule has 2 rings (SSSR count). The van der Waals surface area contributed by atoms with Crippen molar-refractivity contribution in [2.24, 2.45) is 5.73 Å². The number of carbonyl (C=O) groups is 1. The van der Waals surface area contributed by atoms with E-state index < -0.39 is 0 Å². The molecule has 0 bridgehead atoms. The minimum Gasteiger partial charge on any atom is -0.338 e. The Kier molecular flexibility index (Phi) is 7.97. The molecule has 1 unspecified atom stereocenters. The molecule has 23 heavy (non-hydrogen) atoms. The minimum absolute atomic E-state index is 0. The quantitative estimate of drug-likeness (QED) is 0.907. The van der Waals surface area contributed by atoms with Gasteiger partial charge in [0.2, 0.25) is 0 Å². The van der Waals surface area contributed by atoms with Crippen LogP contribution in [0, 0.1) is 6.92 Å². The molecule has 0 radical (unpaired) electrons. The van der Waals surface area contributed by atoms with Crippen molar-refractivity contribution in [3.8, 4) is 0 Å². The van der Waals surface area contributed by atoms with Crippen molar-refractivity contribution >= 4 is 41.8 Å². The summed E-state index contributed by atoms with van der Waals surface area (Å²) in [6.07, 6.45) is 1.72. The number of halogens is 2. The monoisotopic (exact) mass is 361 g/mol. The second-order valence-corrected chi connectivity index (χ2v) is 5.73. The van der Waals surface area contributed by atoms with E-state index in [-0.39, 0.29) is 42.8 Å². The highest BCUT2D eigenvalue weighted by Gasteiger charge is 2.21. The topological polar surface area (TPSA) is 77.0 Å². The lowest BCUT2D eigenvalue weighted by Crippen LogP contribution is -2.39. The molecule has 1 amide bonds. The van der Waals surface area contributed by atoms with Crippen molar-refractivity contribution in [1.82, 2.24) is 19.7 Å². The minimum atomic E-state index is -0.0493. The van der Waals surface area contributed by atoms with Gasteiger partial charge in [0.25, 0.3) is 5.91 Å². The highest BCUT2D eigenvalue weighted by molar-refractivity contribution is 6.05. The Labute approximate surface area is 149 Å². The van der Waals surface area contributed by atoms with Crippen LogP contribution < -0.4 is 5.73 Å². The van der Waals surface area contributed by atoms with Crippen molar-refractivity contribution in [2.45, 2.75) is 39.8 Å². The zero-order valence-corrected chi connectivity index (χ0v) is 15.7. The van der Waals surface area contributed by atoms with E-state index in [2.05, 4.69) is 10.1 Å². The molecule has 6 nitrogen and oxygen atoms in total. The average Bonchev–Trinajstić information content (AvgIpc) is 2.87. The van der Waals surface area contributed by atoms with Crippen molar-refractivity contribution < 1.29 is 4.79 Å². The normalized spacial score (nSPS) is 11.8. The van der Waals surface area contributed by atoms with Crippen molar-refractivity contribution in [3.63, 3.8) is 0 Å². The van der Waals surface area contributed by atoms with Gasteiger partial charge in [0.1, 0.15) is 0 Å². The lowest BCUT2D eigenvalue weighted by molar-refractivity contribution is 0.0750. The van der Waals surface area contributed by atoms with Gasteiger partial charge >= 0.3 is 0 Å². The summed E-state index contributed by atoms with van der Waals surface area (Å²) in [4.78, 5) is 18.9. The highest BCUT2D eigenvalue weighted by Crippen LogP contribution is 2.22. The molecule has 2 heterocycles. The molecule has 2 aromatic heterocycles. The SMILES string of the molecule is Cc1cc(C(=O)N(C)C(C)CN)c2cnn(C(C)C)c2n1.Cl.Cl. The Balaban J connectivity index is 0.00000242. The largest absolute Gasteiger partial charge is 0.338 e. The third-order valence-corrected chi connectivity index (χ3v) is 3.74. The first kappa shape index (κ1) is 21.6. The first-order valence-electron chi connectivity index (χ1n) is 7.18. The third kappa shape index (κ3) is 4.13. The predicted molar refractivity (Wildman–Crippen MR) is 97.8 cm³/mol. The van der Waals surface area contributed by atoms with Crippen LogP contribution >= 0.6 is 24.8 Å². The maximum absolute atomic E-state index is 12.7. The second-order valence-electron chi connectivity index (χ2n) is 5.73. The number of rotatable bonds is 4. The smallest absolute Gasteiger partial charge is 0.254 e. The van der Waals surface area contributed by atoms with Crippen LogP contribution in [0.1, 0.15) is 42.9 Å². The van der Waals surface area contributed by atoms with Crippen LogP contribution in [0.15, 0.2) is 12.3 Å². The number of aryl methyl sites for hydroxylation is 1. The number of likely N-dealkylation sites (N-methyl/N-ethyl adjacent to an activating group) is 1. The lowest BCUT2D eigenvalue weighted by Gasteiger charge is -2.24. The summed E-state index contributed by atoms with van der Waals surface area (Å²) >= 11 is 0. The van der Waals surface area contributed by atoms with Crippen molar-refractivity contribution in [1.29, 1.82) is 0 Å². The molecule has 0 spiro atoms. The summed E-state index contributed by atoms with van der Waals surface area (Å²) < 4.78 is 1.84. The van der Waals surface area contributed by atoms with Gasteiger partial charge in [0.15, 0.2) is 5.65 Å². The number of nitrogens with zero attached hydrogens (tertiary/aromatic N) is 4. The van der Waals surface area contributed by atoms with Crippen LogP contribution in [0.4, 0.5) is 0 Å². The lowest BCUT2D eigenvalue weighted by atomic mass is 10.1. The maximum atomic E-state index is 12.7. The van der Waals surface area contributed by atoms with Crippen LogP contribution in [0.5, 0.6) is 0 Å². The van der Waals surface area contributed by atoms with Gasteiger partial charge in [-0.3, -0.25) is 4.79 Å². The van der Waals surface area contributed by atoms with Crippen LogP contribution in [0.25, 0.3) is 11.0 Å². The van der Waals surface area contributed by atoms with Gasteiger partial charge in [0, 0.05) is 31.4 Å². The molecule has 0 aliphatic heterocycles. The van der Waals surface area contributed by atoms with E-state index in [1.54, 1.807) is 18.1 Å². The summed E-state index contributed by atoms with van der Waals surface area (Å²) in [5.74, 6) is -0.0493. The van der Waals surface area contributed by atoms with Gasteiger partial charge in [-0.25, -0.2) is 9.67 Å². The Morgan fingerprint density at radius 3 is 2.48 bits per heavy atom. The first-order chi connectivity index (χ1) is 9.86. The molecule has 1 atom stereocenters. The van der Waals surface area contributed by atoms with E-state index in [1.807, 2.05) is 38.4 Å². The summed E-state index contributed by atoms with van der Waals surface area (Å²) in [6, 6.07) is 2.00. The van der Waals surface area contributed by atoms with E-state index >= 15 is 0 Å². The van der Waals surface area contributed by atoms with E-state index in [1.165, 1.54) is 0 Å².